The molecule has 1 aromatic rings. The van der Waals surface area contributed by atoms with Crippen LogP contribution in [0.4, 0.5) is 8.78 Å². The summed E-state index contributed by atoms with van der Waals surface area (Å²) in [6.45, 7) is 4.76. The van der Waals surface area contributed by atoms with Crippen molar-refractivity contribution >= 4 is 35.9 Å². The standard InChI is InChI=1S/C18H25F2N3O3.HI/c1-3-21-18(23-9-6-13(7-10-23)17(24)25-2)22-8-11-26-14-4-5-15(19)16(20)12-14;/h4-5,12-13H,3,6-11H2,1-2H3,(H,21,22);1H. The van der Waals surface area contributed by atoms with Gasteiger partial charge in [0.1, 0.15) is 12.4 Å². The van der Waals surface area contributed by atoms with E-state index < -0.39 is 11.6 Å². The van der Waals surface area contributed by atoms with Crippen molar-refractivity contribution in [3.63, 3.8) is 0 Å². The number of aliphatic imine (C=N–C) groups is 1. The maximum atomic E-state index is 13.1. The van der Waals surface area contributed by atoms with E-state index in [4.69, 9.17) is 9.47 Å². The summed E-state index contributed by atoms with van der Waals surface area (Å²) in [7, 11) is 1.41. The van der Waals surface area contributed by atoms with Gasteiger partial charge >= 0.3 is 5.97 Å². The van der Waals surface area contributed by atoms with Gasteiger partial charge in [-0.15, -0.1) is 24.0 Å². The lowest BCUT2D eigenvalue weighted by molar-refractivity contribution is -0.146. The number of ether oxygens (including phenoxy) is 2. The summed E-state index contributed by atoms with van der Waals surface area (Å²) in [6.07, 6.45) is 1.45. The third kappa shape index (κ3) is 7.11. The predicted octanol–water partition coefficient (Wildman–Crippen LogP) is 2.81. The molecule has 0 unspecified atom stereocenters. The quantitative estimate of drug-likeness (QED) is 0.216. The van der Waals surface area contributed by atoms with E-state index in [9.17, 15) is 13.6 Å². The molecule has 0 aliphatic carbocycles. The molecule has 0 bridgehead atoms. The largest absolute Gasteiger partial charge is 0.492 e. The number of hydrogen-bond acceptors (Lipinski definition) is 4. The Kier molecular flexibility index (Phi) is 10.3. The second kappa shape index (κ2) is 11.9. The molecular formula is C18H26F2IN3O3. The summed E-state index contributed by atoms with van der Waals surface area (Å²) in [5.41, 5.74) is 0. The molecule has 0 radical (unpaired) electrons. The Morgan fingerprint density at radius 3 is 2.59 bits per heavy atom. The Hall–Kier alpha value is -1.65. The van der Waals surface area contributed by atoms with Gasteiger partial charge < -0.3 is 19.7 Å². The van der Waals surface area contributed by atoms with Gasteiger partial charge in [0.05, 0.1) is 19.6 Å². The van der Waals surface area contributed by atoms with E-state index in [2.05, 4.69) is 15.2 Å². The smallest absolute Gasteiger partial charge is 0.308 e. The molecule has 1 aliphatic heterocycles. The highest BCUT2D eigenvalue weighted by Gasteiger charge is 2.26. The summed E-state index contributed by atoms with van der Waals surface area (Å²) in [5.74, 6) is -1.04. The van der Waals surface area contributed by atoms with Gasteiger partial charge in [0.15, 0.2) is 17.6 Å². The first-order valence-corrected chi connectivity index (χ1v) is 8.74. The fourth-order valence-electron chi connectivity index (χ4n) is 2.80. The summed E-state index contributed by atoms with van der Waals surface area (Å²) < 4.78 is 36.2. The SMILES string of the molecule is CCNC(=NCCOc1ccc(F)c(F)c1)N1CCC(C(=O)OC)CC1.I. The topological polar surface area (TPSA) is 63.2 Å². The Bertz CT molecular complexity index is 638. The van der Waals surface area contributed by atoms with E-state index in [1.165, 1.54) is 13.2 Å². The van der Waals surface area contributed by atoms with E-state index in [1.807, 2.05) is 6.92 Å². The number of nitrogens with one attached hydrogen (secondary N) is 1. The summed E-state index contributed by atoms with van der Waals surface area (Å²) in [6, 6.07) is 3.43. The molecule has 1 saturated heterocycles. The van der Waals surface area contributed by atoms with Crippen LogP contribution in [0.15, 0.2) is 23.2 Å². The van der Waals surface area contributed by atoms with Crippen LogP contribution in [0.2, 0.25) is 0 Å². The van der Waals surface area contributed by atoms with Crippen molar-refractivity contribution < 1.29 is 23.0 Å². The number of piperidine rings is 1. The van der Waals surface area contributed by atoms with Crippen LogP contribution < -0.4 is 10.1 Å². The minimum atomic E-state index is -0.937. The molecule has 2 rings (SSSR count). The molecule has 0 aromatic heterocycles. The second-order valence-electron chi connectivity index (χ2n) is 5.94. The molecule has 1 aromatic carbocycles. The van der Waals surface area contributed by atoms with E-state index >= 15 is 0 Å². The maximum absolute atomic E-state index is 13.1. The number of benzene rings is 1. The summed E-state index contributed by atoms with van der Waals surface area (Å²) in [4.78, 5) is 18.2. The highest BCUT2D eigenvalue weighted by atomic mass is 127. The van der Waals surface area contributed by atoms with Gasteiger partial charge in [-0.1, -0.05) is 0 Å². The van der Waals surface area contributed by atoms with Crippen LogP contribution in [-0.2, 0) is 9.53 Å². The van der Waals surface area contributed by atoms with Crippen molar-refractivity contribution in [2.75, 3.05) is 39.9 Å². The van der Waals surface area contributed by atoms with Gasteiger partial charge in [-0.2, -0.15) is 0 Å². The minimum absolute atomic E-state index is 0. The molecule has 0 amide bonds. The van der Waals surface area contributed by atoms with Crippen LogP contribution in [0.1, 0.15) is 19.8 Å². The first-order valence-electron chi connectivity index (χ1n) is 8.74. The molecular weight excluding hydrogens is 471 g/mol. The molecule has 1 aliphatic rings. The van der Waals surface area contributed by atoms with Crippen LogP contribution in [0, 0.1) is 17.6 Å². The van der Waals surface area contributed by atoms with Crippen LogP contribution >= 0.6 is 24.0 Å². The van der Waals surface area contributed by atoms with E-state index in [-0.39, 0.29) is 48.2 Å². The van der Waals surface area contributed by atoms with Crippen LogP contribution in [-0.4, -0.2) is 56.7 Å². The number of nitrogens with zero attached hydrogens (tertiary/aromatic N) is 2. The first-order chi connectivity index (χ1) is 12.5. The fraction of sp³-hybridized carbons (Fsp3) is 0.556. The number of likely N-dealkylation sites (tertiary alicyclic amines) is 1. The second-order valence-corrected chi connectivity index (χ2v) is 5.94. The van der Waals surface area contributed by atoms with E-state index in [0.29, 0.717) is 6.54 Å². The zero-order chi connectivity index (χ0) is 18.9. The number of halogens is 3. The molecule has 0 spiro atoms. The lowest BCUT2D eigenvalue weighted by Gasteiger charge is -2.33. The van der Waals surface area contributed by atoms with E-state index in [1.54, 1.807) is 0 Å². The summed E-state index contributed by atoms with van der Waals surface area (Å²) in [5, 5.41) is 3.22. The van der Waals surface area contributed by atoms with Gasteiger partial charge in [0.2, 0.25) is 0 Å². The molecule has 1 fully saturated rings. The minimum Gasteiger partial charge on any atom is -0.492 e. The van der Waals surface area contributed by atoms with Crippen molar-refractivity contribution in [2.24, 2.45) is 10.9 Å². The molecule has 27 heavy (non-hydrogen) atoms. The average Bonchev–Trinajstić information content (AvgIpc) is 2.66. The van der Waals surface area contributed by atoms with Gasteiger partial charge in [-0.3, -0.25) is 4.79 Å². The Labute approximate surface area is 175 Å². The number of methoxy groups -OCH3 is 1. The zero-order valence-electron chi connectivity index (χ0n) is 15.5. The Morgan fingerprint density at radius 1 is 1.30 bits per heavy atom. The molecule has 1 N–H and O–H groups in total. The van der Waals surface area contributed by atoms with Gasteiger partial charge in [0, 0.05) is 25.7 Å². The van der Waals surface area contributed by atoms with Crippen LogP contribution in [0.3, 0.4) is 0 Å². The Morgan fingerprint density at radius 2 is 2.00 bits per heavy atom. The normalized spacial score (nSPS) is 15.1. The molecule has 6 nitrogen and oxygen atoms in total. The lowest BCUT2D eigenvalue weighted by atomic mass is 9.97. The monoisotopic (exact) mass is 497 g/mol. The third-order valence-electron chi connectivity index (χ3n) is 4.18. The molecule has 9 heteroatoms. The zero-order valence-corrected chi connectivity index (χ0v) is 17.9. The van der Waals surface area contributed by atoms with Crippen molar-refractivity contribution in [3.8, 4) is 5.75 Å². The first kappa shape index (κ1) is 23.4. The number of hydrogen-bond donors (Lipinski definition) is 1. The maximum Gasteiger partial charge on any atom is 0.308 e. The summed E-state index contributed by atoms with van der Waals surface area (Å²) >= 11 is 0. The predicted molar refractivity (Wildman–Crippen MR) is 110 cm³/mol. The molecule has 152 valence electrons. The van der Waals surface area contributed by atoms with Gasteiger partial charge in [-0.05, 0) is 31.9 Å². The van der Waals surface area contributed by atoms with Crippen molar-refractivity contribution in [1.82, 2.24) is 10.2 Å². The number of esters is 1. The highest BCUT2D eigenvalue weighted by Crippen LogP contribution is 2.18. The molecule has 1 heterocycles. The number of carbonyl (C=O) groups excluding carboxylic acids is 1. The Balaban J connectivity index is 0.00000364. The van der Waals surface area contributed by atoms with Gasteiger partial charge in [0.25, 0.3) is 0 Å². The van der Waals surface area contributed by atoms with Crippen molar-refractivity contribution in [1.29, 1.82) is 0 Å². The van der Waals surface area contributed by atoms with Crippen molar-refractivity contribution in [2.45, 2.75) is 19.8 Å². The van der Waals surface area contributed by atoms with Crippen LogP contribution in [0.5, 0.6) is 5.75 Å². The number of carbonyl (C=O) groups is 1. The highest BCUT2D eigenvalue weighted by molar-refractivity contribution is 14.0. The lowest BCUT2D eigenvalue weighted by Crippen LogP contribution is -2.46. The van der Waals surface area contributed by atoms with E-state index in [0.717, 1.165) is 50.6 Å². The molecule has 0 saturated carbocycles. The average molecular weight is 497 g/mol. The third-order valence-corrected chi connectivity index (χ3v) is 4.18. The number of guanidine groups is 1. The van der Waals surface area contributed by atoms with Crippen molar-refractivity contribution in [3.05, 3.63) is 29.8 Å². The van der Waals surface area contributed by atoms with Crippen LogP contribution in [0.25, 0.3) is 0 Å². The molecule has 0 atom stereocenters. The fourth-order valence-corrected chi connectivity index (χ4v) is 2.80. The van der Waals surface area contributed by atoms with Gasteiger partial charge in [-0.25, -0.2) is 13.8 Å². The number of rotatable bonds is 6.